The molecule has 0 saturated carbocycles. The second-order valence-corrected chi connectivity index (χ2v) is 5.47. The van der Waals surface area contributed by atoms with Gasteiger partial charge in [-0.15, -0.1) is 0 Å². The summed E-state index contributed by atoms with van der Waals surface area (Å²) in [6, 6.07) is 3.03. The predicted octanol–water partition coefficient (Wildman–Crippen LogP) is 2.70. The Morgan fingerprint density at radius 2 is 2.05 bits per heavy atom. The van der Waals surface area contributed by atoms with Gasteiger partial charge >= 0.3 is 0 Å². The molecule has 1 unspecified atom stereocenters. The molecule has 1 atom stereocenters. The predicted molar refractivity (Wildman–Crippen MR) is 81.3 cm³/mol. The third kappa shape index (κ3) is 4.93. The second kappa shape index (κ2) is 7.88. The van der Waals surface area contributed by atoms with Crippen molar-refractivity contribution < 1.29 is 19.1 Å². The molecular formula is C15H20ClNO4. The van der Waals surface area contributed by atoms with E-state index < -0.39 is 0 Å². The van der Waals surface area contributed by atoms with Gasteiger partial charge in [-0.2, -0.15) is 0 Å². The molecule has 6 heteroatoms. The topological polar surface area (TPSA) is 64.6 Å². The molecule has 0 fully saturated rings. The molecule has 5 nitrogen and oxygen atoms in total. The Labute approximate surface area is 129 Å². The highest BCUT2D eigenvalue weighted by Gasteiger charge is 2.16. The van der Waals surface area contributed by atoms with Gasteiger partial charge < -0.3 is 14.8 Å². The van der Waals surface area contributed by atoms with E-state index in [2.05, 4.69) is 5.32 Å². The number of carbonyl (C=O) groups excluding carboxylic acids is 2. The van der Waals surface area contributed by atoms with Crippen LogP contribution < -0.4 is 14.8 Å². The van der Waals surface area contributed by atoms with Crippen molar-refractivity contribution in [3.8, 4) is 11.5 Å². The summed E-state index contributed by atoms with van der Waals surface area (Å²) in [6.07, 6.45) is 0.610. The SMILES string of the molecule is COc1cc(Cl)cc(C=O)c1OCC(=O)NC(C)C(C)C. The highest BCUT2D eigenvalue weighted by atomic mass is 35.5. The van der Waals surface area contributed by atoms with Crippen molar-refractivity contribution in [1.82, 2.24) is 5.32 Å². The third-order valence-corrected chi connectivity index (χ3v) is 3.35. The maximum atomic E-state index is 11.8. The standard InChI is InChI=1S/C15H20ClNO4/c1-9(2)10(3)17-14(19)8-21-15-11(7-18)5-12(16)6-13(15)20-4/h5-7,9-10H,8H2,1-4H3,(H,17,19). The van der Waals surface area contributed by atoms with E-state index in [0.29, 0.717) is 23.0 Å². The number of hydrogen-bond acceptors (Lipinski definition) is 4. The van der Waals surface area contributed by atoms with Crippen molar-refractivity contribution in [2.75, 3.05) is 13.7 Å². The van der Waals surface area contributed by atoms with Gasteiger partial charge in [0.15, 0.2) is 24.4 Å². The zero-order chi connectivity index (χ0) is 16.0. The van der Waals surface area contributed by atoms with E-state index in [1.807, 2.05) is 20.8 Å². The van der Waals surface area contributed by atoms with Crippen LogP contribution in [0.5, 0.6) is 11.5 Å². The molecule has 0 heterocycles. The minimum Gasteiger partial charge on any atom is -0.493 e. The highest BCUT2D eigenvalue weighted by molar-refractivity contribution is 6.31. The van der Waals surface area contributed by atoms with Crippen molar-refractivity contribution in [3.63, 3.8) is 0 Å². The van der Waals surface area contributed by atoms with Gasteiger partial charge in [0.2, 0.25) is 0 Å². The van der Waals surface area contributed by atoms with Crippen LogP contribution in [0.25, 0.3) is 0 Å². The van der Waals surface area contributed by atoms with Gasteiger partial charge in [-0.3, -0.25) is 9.59 Å². The summed E-state index contributed by atoms with van der Waals surface area (Å²) in [7, 11) is 1.44. The molecule has 0 aromatic heterocycles. The van der Waals surface area contributed by atoms with Crippen LogP contribution in [-0.4, -0.2) is 32.0 Å². The summed E-state index contributed by atoms with van der Waals surface area (Å²) in [4.78, 5) is 22.9. The molecular weight excluding hydrogens is 294 g/mol. The minimum atomic E-state index is -0.259. The summed E-state index contributed by atoms with van der Waals surface area (Å²) in [5.41, 5.74) is 0.240. The van der Waals surface area contributed by atoms with E-state index in [9.17, 15) is 9.59 Å². The zero-order valence-corrected chi connectivity index (χ0v) is 13.4. The number of carbonyl (C=O) groups is 2. The first kappa shape index (κ1) is 17.3. The van der Waals surface area contributed by atoms with Crippen LogP contribution in [0.15, 0.2) is 12.1 Å². The van der Waals surface area contributed by atoms with Crippen molar-refractivity contribution in [3.05, 3.63) is 22.7 Å². The Bertz CT molecular complexity index is 517. The third-order valence-electron chi connectivity index (χ3n) is 3.13. The number of nitrogens with one attached hydrogen (secondary N) is 1. The first-order chi connectivity index (χ1) is 9.88. The molecule has 0 aliphatic heterocycles. The summed E-state index contributed by atoms with van der Waals surface area (Å²) in [5, 5.41) is 3.18. The van der Waals surface area contributed by atoms with Gasteiger partial charge in [0, 0.05) is 17.1 Å². The first-order valence-electron chi connectivity index (χ1n) is 6.63. The molecule has 1 aromatic rings. The number of hydrogen-bond donors (Lipinski definition) is 1. The van der Waals surface area contributed by atoms with Crippen molar-refractivity contribution >= 4 is 23.8 Å². The molecule has 0 bridgehead atoms. The Morgan fingerprint density at radius 1 is 1.38 bits per heavy atom. The summed E-state index contributed by atoms with van der Waals surface area (Å²) in [5.74, 6) is 0.591. The molecule has 0 aliphatic carbocycles. The maximum absolute atomic E-state index is 11.8. The lowest BCUT2D eigenvalue weighted by atomic mass is 10.1. The Balaban J connectivity index is 2.79. The lowest BCUT2D eigenvalue weighted by molar-refractivity contribution is -0.124. The van der Waals surface area contributed by atoms with Gasteiger partial charge in [-0.1, -0.05) is 25.4 Å². The molecule has 116 valence electrons. The Kier molecular flexibility index (Phi) is 6.49. The van der Waals surface area contributed by atoms with Crippen LogP contribution in [-0.2, 0) is 4.79 Å². The number of aldehydes is 1. The molecule has 21 heavy (non-hydrogen) atoms. The quantitative estimate of drug-likeness (QED) is 0.786. The molecule has 0 saturated heterocycles. The van der Waals surface area contributed by atoms with Crippen LogP contribution >= 0.6 is 11.6 Å². The number of halogens is 1. The zero-order valence-electron chi connectivity index (χ0n) is 12.6. The fourth-order valence-electron chi connectivity index (χ4n) is 1.58. The van der Waals surface area contributed by atoms with Gasteiger partial charge in [-0.05, 0) is 18.9 Å². The molecule has 1 amide bonds. The number of rotatable bonds is 7. The molecule has 0 radical (unpaired) electrons. The lowest BCUT2D eigenvalue weighted by Crippen LogP contribution is -2.39. The van der Waals surface area contributed by atoms with Gasteiger partial charge in [0.1, 0.15) is 0 Å². The Morgan fingerprint density at radius 3 is 2.57 bits per heavy atom. The lowest BCUT2D eigenvalue weighted by Gasteiger charge is -2.18. The largest absolute Gasteiger partial charge is 0.493 e. The summed E-state index contributed by atoms with van der Waals surface area (Å²) < 4.78 is 10.5. The van der Waals surface area contributed by atoms with E-state index in [1.54, 1.807) is 0 Å². The second-order valence-electron chi connectivity index (χ2n) is 5.03. The van der Waals surface area contributed by atoms with Gasteiger partial charge in [-0.25, -0.2) is 0 Å². The molecule has 0 spiro atoms. The van der Waals surface area contributed by atoms with Crippen LogP contribution in [0.2, 0.25) is 5.02 Å². The molecule has 1 aromatic carbocycles. The average molecular weight is 314 g/mol. The van der Waals surface area contributed by atoms with Crippen LogP contribution in [0.1, 0.15) is 31.1 Å². The van der Waals surface area contributed by atoms with Crippen molar-refractivity contribution in [2.45, 2.75) is 26.8 Å². The highest BCUT2D eigenvalue weighted by Crippen LogP contribution is 2.33. The van der Waals surface area contributed by atoms with Gasteiger partial charge in [0.05, 0.1) is 12.7 Å². The van der Waals surface area contributed by atoms with E-state index in [-0.39, 0.29) is 29.9 Å². The number of methoxy groups -OCH3 is 1. The monoisotopic (exact) mass is 313 g/mol. The van der Waals surface area contributed by atoms with Crippen molar-refractivity contribution in [1.29, 1.82) is 0 Å². The normalized spacial score (nSPS) is 11.9. The van der Waals surface area contributed by atoms with Crippen LogP contribution in [0, 0.1) is 5.92 Å². The Hall–Kier alpha value is -1.75. The fourth-order valence-corrected chi connectivity index (χ4v) is 1.80. The van der Waals surface area contributed by atoms with E-state index >= 15 is 0 Å². The van der Waals surface area contributed by atoms with Crippen LogP contribution in [0.3, 0.4) is 0 Å². The molecule has 1 rings (SSSR count). The average Bonchev–Trinajstić information content (AvgIpc) is 2.44. The van der Waals surface area contributed by atoms with Crippen molar-refractivity contribution in [2.24, 2.45) is 5.92 Å². The first-order valence-corrected chi connectivity index (χ1v) is 7.01. The van der Waals surface area contributed by atoms with E-state index in [0.717, 1.165) is 0 Å². The van der Waals surface area contributed by atoms with E-state index in [1.165, 1.54) is 19.2 Å². The van der Waals surface area contributed by atoms with E-state index in [4.69, 9.17) is 21.1 Å². The smallest absolute Gasteiger partial charge is 0.258 e. The van der Waals surface area contributed by atoms with Crippen LogP contribution in [0.4, 0.5) is 0 Å². The maximum Gasteiger partial charge on any atom is 0.258 e. The fraction of sp³-hybridized carbons (Fsp3) is 0.467. The molecule has 0 aliphatic rings. The number of amides is 1. The minimum absolute atomic E-state index is 0.0405. The number of ether oxygens (including phenoxy) is 2. The van der Waals surface area contributed by atoms with Gasteiger partial charge in [0.25, 0.3) is 5.91 Å². The number of benzene rings is 1. The summed E-state index contributed by atoms with van der Waals surface area (Å²) >= 11 is 5.87. The molecule has 1 N–H and O–H groups in total. The summed E-state index contributed by atoms with van der Waals surface area (Å²) in [6.45, 7) is 5.75.